The van der Waals surface area contributed by atoms with Crippen LogP contribution in [0.5, 0.6) is 0 Å². The lowest BCUT2D eigenvalue weighted by molar-refractivity contribution is -0.385. The third kappa shape index (κ3) is 3.68. The van der Waals surface area contributed by atoms with E-state index in [-0.39, 0.29) is 23.2 Å². The van der Waals surface area contributed by atoms with Gasteiger partial charge >= 0.3 is 0 Å². The Labute approximate surface area is 123 Å². The van der Waals surface area contributed by atoms with Crippen molar-refractivity contribution in [2.24, 2.45) is 5.92 Å². The van der Waals surface area contributed by atoms with E-state index in [9.17, 15) is 14.9 Å². The molecule has 21 heavy (non-hydrogen) atoms. The number of nitrogens with one attached hydrogen (secondary N) is 2. The van der Waals surface area contributed by atoms with Crippen LogP contribution in [0.3, 0.4) is 0 Å². The highest BCUT2D eigenvalue weighted by Gasteiger charge is 2.37. The number of amides is 1. The van der Waals surface area contributed by atoms with E-state index in [1.807, 2.05) is 6.92 Å². The maximum Gasteiger partial charge on any atom is 0.288 e. The Morgan fingerprint density at radius 3 is 2.90 bits per heavy atom. The Hall–Kier alpha value is -2.18. The van der Waals surface area contributed by atoms with E-state index >= 15 is 0 Å². The fourth-order valence-corrected chi connectivity index (χ4v) is 2.40. The molecule has 7 heteroatoms. The van der Waals surface area contributed by atoms with E-state index in [4.69, 9.17) is 0 Å². The Bertz CT molecular complexity index is 547. The molecule has 2 N–H and O–H groups in total. The fraction of sp³-hybridized carbons (Fsp3) is 0.571. The molecule has 1 aliphatic carbocycles. The second-order valence-electron chi connectivity index (χ2n) is 5.24. The predicted octanol–water partition coefficient (Wildman–Crippen LogP) is 2.34. The van der Waals surface area contributed by atoms with Crippen LogP contribution in [0.4, 0.5) is 11.5 Å². The molecule has 0 radical (unpaired) electrons. The summed E-state index contributed by atoms with van der Waals surface area (Å²) in [6, 6.07) is 1.46. The van der Waals surface area contributed by atoms with Gasteiger partial charge in [-0.05, 0) is 25.7 Å². The number of carbonyl (C=O) groups is 1. The van der Waals surface area contributed by atoms with Gasteiger partial charge < -0.3 is 10.6 Å². The van der Waals surface area contributed by atoms with Crippen LogP contribution in [-0.4, -0.2) is 28.4 Å². The van der Waals surface area contributed by atoms with Crippen LogP contribution in [0.1, 0.15) is 43.5 Å². The molecular weight excluding hydrogens is 272 g/mol. The van der Waals surface area contributed by atoms with E-state index in [1.54, 1.807) is 0 Å². The SMILES string of the molecule is CCCC1CC1NC(=O)c1cc([N+](=O)[O-])cnc1NCC. The van der Waals surface area contributed by atoms with Crippen LogP contribution in [0.2, 0.25) is 0 Å². The Kier molecular flexibility index (Phi) is 4.72. The zero-order chi connectivity index (χ0) is 15.4. The molecule has 1 fully saturated rings. The summed E-state index contributed by atoms with van der Waals surface area (Å²) in [5, 5.41) is 16.7. The highest BCUT2D eigenvalue weighted by Crippen LogP contribution is 2.35. The van der Waals surface area contributed by atoms with E-state index in [2.05, 4.69) is 22.5 Å². The summed E-state index contributed by atoms with van der Waals surface area (Å²) in [5.74, 6) is 0.618. The van der Waals surface area contributed by atoms with Crippen molar-refractivity contribution in [3.05, 3.63) is 27.9 Å². The van der Waals surface area contributed by atoms with Crippen LogP contribution < -0.4 is 10.6 Å². The minimum atomic E-state index is -0.545. The van der Waals surface area contributed by atoms with Crippen molar-refractivity contribution < 1.29 is 9.72 Å². The van der Waals surface area contributed by atoms with Gasteiger partial charge in [0.05, 0.1) is 10.5 Å². The normalized spacial score (nSPS) is 19.9. The molecule has 0 bridgehead atoms. The van der Waals surface area contributed by atoms with Crippen LogP contribution in [-0.2, 0) is 0 Å². The van der Waals surface area contributed by atoms with E-state index in [0.29, 0.717) is 18.3 Å². The molecule has 1 saturated carbocycles. The van der Waals surface area contributed by atoms with Crippen molar-refractivity contribution in [3.8, 4) is 0 Å². The third-order valence-electron chi connectivity index (χ3n) is 3.57. The van der Waals surface area contributed by atoms with Gasteiger partial charge in [-0.3, -0.25) is 14.9 Å². The number of hydrogen-bond acceptors (Lipinski definition) is 5. The second-order valence-corrected chi connectivity index (χ2v) is 5.24. The lowest BCUT2D eigenvalue weighted by Gasteiger charge is -2.10. The smallest absolute Gasteiger partial charge is 0.288 e. The average molecular weight is 292 g/mol. The maximum atomic E-state index is 12.3. The van der Waals surface area contributed by atoms with E-state index < -0.39 is 4.92 Å². The first kappa shape index (κ1) is 15.2. The quantitative estimate of drug-likeness (QED) is 0.594. The van der Waals surface area contributed by atoms with Crippen molar-refractivity contribution in [1.82, 2.24) is 10.3 Å². The molecule has 7 nitrogen and oxygen atoms in total. The summed E-state index contributed by atoms with van der Waals surface area (Å²) in [6.45, 7) is 4.58. The largest absolute Gasteiger partial charge is 0.370 e. The van der Waals surface area contributed by atoms with Crippen molar-refractivity contribution in [1.29, 1.82) is 0 Å². The molecule has 2 atom stereocenters. The number of rotatable bonds is 7. The number of nitrogens with zero attached hydrogens (tertiary/aromatic N) is 2. The number of aromatic nitrogens is 1. The molecule has 2 unspecified atom stereocenters. The van der Waals surface area contributed by atoms with Crippen LogP contribution in [0.15, 0.2) is 12.3 Å². The lowest BCUT2D eigenvalue weighted by atomic mass is 10.2. The molecule has 1 aromatic heterocycles. The molecule has 0 spiro atoms. The van der Waals surface area contributed by atoms with Gasteiger partial charge in [0, 0.05) is 18.7 Å². The Morgan fingerprint density at radius 2 is 2.29 bits per heavy atom. The Morgan fingerprint density at radius 1 is 1.52 bits per heavy atom. The minimum Gasteiger partial charge on any atom is -0.370 e. The van der Waals surface area contributed by atoms with Crippen LogP contribution >= 0.6 is 0 Å². The standard InChI is InChI=1S/C14H20N4O3/c1-3-5-9-6-12(9)17-14(19)11-7-10(18(20)21)8-16-13(11)15-4-2/h7-9,12H,3-6H2,1-2H3,(H,15,16)(H,17,19). The molecule has 0 aliphatic heterocycles. The molecule has 0 aromatic carbocycles. The van der Waals surface area contributed by atoms with E-state index in [1.165, 1.54) is 6.07 Å². The number of pyridine rings is 1. The number of carbonyl (C=O) groups excluding carboxylic acids is 1. The van der Waals surface area contributed by atoms with Crippen molar-refractivity contribution in [2.75, 3.05) is 11.9 Å². The summed E-state index contributed by atoms with van der Waals surface area (Å²) in [6.07, 6.45) is 4.33. The Balaban J connectivity index is 2.14. The minimum absolute atomic E-state index is 0.178. The van der Waals surface area contributed by atoms with Crippen molar-refractivity contribution in [2.45, 2.75) is 39.2 Å². The molecule has 114 valence electrons. The summed E-state index contributed by atoms with van der Waals surface area (Å²) in [5.41, 5.74) is 0.0518. The number of anilines is 1. The van der Waals surface area contributed by atoms with E-state index in [0.717, 1.165) is 25.5 Å². The van der Waals surface area contributed by atoms with Gasteiger partial charge in [-0.25, -0.2) is 4.98 Å². The summed E-state index contributed by atoms with van der Waals surface area (Å²) >= 11 is 0. The predicted molar refractivity (Wildman–Crippen MR) is 79.3 cm³/mol. The molecule has 2 rings (SSSR count). The van der Waals surface area contributed by atoms with Gasteiger partial charge in [-0.2, -0.15) is 0 Å². The van der Waals surface area contributed by atoms with Gasteiger partial charge in [0.25, 0.3) is 11.6 Å². The number of nitro groups is 1. The molecular formula is C14H20N4O3. The highest BCUT2D eigenvalue weighted by atomic mass is 16.6. The van der Waals surface area contributed by atoms with Crippen molar-refractivity contribution in [3.63, 3.8) is 0 Å². The van der Waals surface area contributed by atoms with Gasteiger partial charge in [0.15, 0.2) is 0 Å². The molecule has 1 heterocycles. The fourth-order valence-electron chi connectivity index (χ4n) is 2.40. The third-order valence-corrected chi connectivity index (χ3v) is 3.57. The summed E-state index contributed by atoms with van der Waals surface area (Å²) in [7, 11) is 0. The first-order chi connectivity index (χ1) is 10.1. The summed E-state index contributed by atoms with van der Waals surface area (Å²) in [4.78, 5) is 26.6. The topological polar surface area (TPSA) is 97.2 Å². The maximum absolute atomic E-state index is 12.3. The second kappa shape index (κ2) is 6.51. The summed E-state index contributed by atoms with van der Waals surface area (Å²) < 4.78 is 0. The lowest BCUT2D eigenvalue weighted by Crippen LogP contribution is -2.28. The first-order valence-corrected chi connectivity index (χ1v) is 7.26. The first-order valence-electron chi connectivity index (χ1n) is 7.26. The van der Waals surface area contributed by atoms with Gasteiger partial charge in [0.2, 0.25) is 0 Å². The molecule has 1 aromatic rings. The molecule has 1 amide bonds. The average Bonchev–Trinajstić information content (AvgIpc) is 3.17. The molecule has 1 aliphatic rings. The van der Waals surface area contributed by atoms with Crippen LogP contribution in [0.25, 0.3) is 0 Å². The molecule has 0 saturated heterocycles. The van der Waals surface area contributed by atoms with Gasteiger partial charge in [0.1, 0.15) is 12.0 Å². The van der Waals surface area contributed by atoms with Gasteiger partial charge in [-0.1, -0.05) is 13.3 Å². The van der Waals surface area contributed by atoms with Crippen LogP contribution in [0, 0.1) is 16.0 Å². The monoisotopic (exact) mass is 292 g/mol. The zero-order valence-corrected chi connectivity index (χ0v) is 12.3. The van der Waals surface area contributed by atoms with Crippen molar-refractivity contribution >= 4 is 17.4 Å². The number of hydrogen-bond donors (Lipinski definition) is 2. The van der Waals surface area contributed by atoms with Gasteiger partial charge in [-0.15, -0.1) is 0 Å². The zero-order valence-electron chi connectivity index (χ0n) is 12.3. The highest BCUT2D eigenvalue weighted by molar-refractivity contribution is 5.99.